The second-order valence-corrected chi connectivity index (χ2v) is 5.04. The first-order valence-electron chi connectivity index (χ1n) is 6.16. The Balaban J connectivity index is 2.59. The predicted octanol–water partition coefficient (Wildman–Crippen LogP) is 2.31. The summed E-state index contributed by atoms with van der Waals surface area (Å²) in [4.78, 5) is 22.8. The Morgan fingerprint density at radius 1 is 1.53 bits per heavy atom. The summed E-state index contributed by atoms with van der Waals surface area (Å²) >= 11 is 0. The highest BCUT2D eigenvalue weighted by atomic mass is 16.4. The van der Waals surface area contributed by atoms with E-state index in [4.69, 9.17) is 5.11 Å². The van der Waals surface area contributed by atoms with Gasteiger partial charge in [-0.15, -0.1) is 0 Å². The second kappa shape index (κ2) is 5.34. The van der Waals surface area contributed by atoms with Crippen LogP contribution in [0, 0.1) is 11.3 Å². The molecule has 2 atom stereocenters. The molecule has 1 amide bonds. The number of allylic oxidation sites excluding steroid dienone is 1. The Hall–Kier alpha value is -1.32. The van der Waals surface area contributed by atoms with E-state index in [9.17, 15) is 9.59 Å². The van der Waals surface area contributed by atoms with E-state index >= 15 is 0 Å². The van der Waals surface area contributed by atoms with Crippen LogP contribution in [0.25, 0.3) is 0 Å². The summed E-state index contributed by atoms with van der Waals surface area (Å²) in [5.41, 5.74) is -0.358. The Kier molecular flexibility index (Phi) is 4.32. The van der Waals surface area contributed by atoms with E-state index < -0.39 is 5.97 Å². The van der Waals surface area contributed by atoms with Gasteiger partial charge in [0.1, 0.15) is 5.70 Å². The maximum absolute atomic E-state index is 11.9. The van der Waals surface area contributed by atoms with Gasteiger partial charge in [0.05, 0.1) is 0 Å². The molecule has 1 aliphatic carbocycles. The van der Waals surface area contributed by atoms with Crippen molar-refractivity contribution < 1.29 is 14.7 Å². The molecule has 0 saturated heterocycles. The van der Waals surface area contributed by atoms with Crippen molar-refractivity contribution in [2.75, 3.05) is 0 Å². The van der Waals surface area contributed by atoms with Gasteiger partial charge < -0.3 is 10.4 Å². The molecule has 0 aromatic carbocycles. The smallest absolute Gasteiger partial charge is 0.352 e. The van der Waals surface area contributed by atoms with E-state index in [1.165, 1.54) is 0 Å². The van der Waals surface area contributed by atoms with E-state index in [2.05, 4.69) is 5.32 Å². The van der Waals surface area contributed by atoms with E-state index in [-0.39, 0.29) is 17.0 Å². The molecule has 17 heavy (non-hydrogen) atoms. The van der Waals surface area contributed by atoms with E-state index in [1.54, 1.807) is 6.08 Å². The molecule has 1 fully saturated rings. The average molecular weight is 239 g/mol. The molecule has 0 spiro atoms. The zero-order chi connectivity index (χ0) is 13.1. The zero-order valence-electron chi connectivity index (χ0n) is 10.7. The lowest BCUT2D eigenvalue weighted by Gasteiger charge is -2.11. The highest BCUT2D eigenvalue weighted by Crippen LogP contribution is 2.51. The molecule has 4 nitrogen and oxygen atoms in total. The molecule has 0 heterocycles. The molecule has 0 aromatic heterocycles. The monoisotopic (exact) mass is 239 g/mol. The highest BCUT2D eigenvalue weighted by molar-refractivity contribution is 5.95. The largest absolute Gasteiger partial charge is 0.477 e. The number of carboxylic acids is 1. The molecule has 0 aliphatic heterocycles. The number of unbranched alkanes of at least 4 members (excludes halogenated alkanes) is 2. The lowest BCUT2D eigenvalue weighted by Crippen LogP contribution is -2.33. The van der Waals surface area contributed by atoms with Gasteiger partial charge in [0, 0.05) is 5.41 Å². The van der Waals surface area contributed by atoms with Gasteiger partial charge in [-0.25, -0.2) is 4.79 Å². The van der Waals surface area contributed by atoms with Crippen molar-refractivity contribution in [3.63, 3.8) is 0 Å². The van der Waals surface area contributed by atoms with E-state index in [0.29, 0.717) is 12.3 Å². The van der Waals surface area contributed by atoms with Crippen LogP contribution < -0.4 is 5.32 Å². The molecule has 1 saturated carbocycles. The van der Waals surface area contributed by atoms with E-state index in [1.807, 2.05) is 20.8 Å². The predicted molar refractivity (Wildman–Crippen MR) is 65.3 cm³/mol. The van der Waals surface area contributed by atoms with Crippen molar-refractivity contribution in [1.82, 2.24) is 5.32 Å². The first kappa shape index (κ1) is 13.7. The average Bonchev–Trinajstić information content (AvgIpc) is 2.87. The number of aliphatic carboxylic acids is 1. The summed E-state index contributed by atoms with van der Waals surface area (Å²) in [6, 6.07) is 0. The Morgan fingerprint density at radius 3 is 2.53 bits per heavy atom. The molecule has 0 bridgehead atoms. The second-order valence-electron chi connectivity index (χ2n) is 5.04. The van der Waals surface area contributed by atoms with Gasteiger partial charge in [0.2, 0.25) is 5.91 Å². The van der Waals surface area contributed by atoms with Crippen molar-refractivity contribution >= 4 is 11.9 Å². The first-order chi connectivity index (χ1) is 7.91. The summed E-state index contributed by atoms with van der Waals surface area (Å²) in [6.45, 7) is 5.92. The van der Waals surface area contributed by atoms with Crippen molar-refractivity contribution in [2.45, 2.75) is 46.5 Å². The number of amides is 1. The number of carbonyl (C=O) groups is 2. The quantitative estimate of drug-likeness (QED) is 0.552. The van der Waals surface area contributed by atoms with Gasteiger partial charge in [0.15, 0.2) is 0 Å². The topological polar surface area (TPSA) is 66.4 Å². The normalized spacial score (nSPS) is 27.7. The fourth-order valence-corrected chi connectivity index (χ4v) is 1.80. The molecule has 0 aromatic rings. The molecule has 1 aliphatic rings. The van der Waals surface area contributed by atoms with Gasteiger partial charge in [-0.1, -0.05) is 33.3 Å². The molecule has 1 rings (SSSR count). The number of carbonyl (C=O) groups excluding carboxylic acids is 1. The molecular weight excluding hydrogens is 218 g/mol. The Morgan fingerprint density at radius 2 is 2.12 bits per heavy atom. The fraction of sp³-hybridized carbons (Fsp3) is 0.692. The third-order valence-corrected chi connectivity index (χ3v) is 3.56. The minimum atomic E-state index is -1.06. The zero-order valence-corrected chi connectivity index (χ0v) is 10.7. The van der Waals surface area contributed by atoms with Crippen LogP contribution in [-0.4, -0.2) is 17.0 Å². The fourth-order valence-electron chi connectivity index (χ4n) is 1.80. The first-order valence-corrected chi connectivity index (χ1v) is 6.16. The van der Waals surface area contributed by atoms with Crippen LogP contribution in [0.15, 0.2) is 11.8 Å². The van der Waals surface area contributed by atoms with Crippen LogP contribution in [0.3, 0.4) is 0 Å². The van der Waals surface area contributed by atoms with Crippen molar-refractivity contribution in [3.05, 3.63) is 11.8 Å². The van der Waals surface area contributed by atoms with Crippen molar-refractivity contribution in [2.24, 2.45) is 11.3 Å². The van der Waals surface area contributed by atoms with Crippen molar-refractivity contribution in [1.29, 1.82) is 0 Å². The highest BCUT2D eigenvalue weighted by Gasteiger charge is 2.53. The maximum Gasteiger partial charge on any atom is 0.352 e. The number of rotatable bonds is 6. The minimum Gasteiger partial charge on any atom is -0.477 e. The van der Waals surface area contributed by atoms with Crippen LogP contribution in [-0.2, 0) is 9.59 Å². The van der Waals surface area contributed by atoms with Crippen LogP contribution >= 0.6 is 0 Å². The van der Waals surface area contributed by atoms with Gasteiger partial charge in [-0.05, 0) is 25.2 Å². The summed E-state index contributed by atoms with van der Waals surface area (Å²) in [5.74, 6) is -0.894. The number of hydrogen-bond donors (Lipinski definition) is 2. The standard InChI is InChI=1S/C13H21NO3/c1-4-5-6-7-10(11(15)16)14-12(17)13(3)8-9(13)2/h7,9H,4-6,8H2,1-3H3,(H,14,17)(H,15,16). The molecule has 2 N–H and O–H groups in total. The summed E-state index contributed by atoms with van der Waals surface area (Å²) < 4.78 is 0. The minimum absolute atomic E-state index is 0.0174. The van der Waals surface area contributed by atoms with Crippen LogP contribution in [0.2, 0.25) is 0 Å². The lowest BCUT2D eigenvalue weighted by atomic mass is 10.1. The van der Waals surface area contributed by atoms with Crippen molar-refractivity contribution in [3.8, 4) is 0 Å². The number of nitrogens with one attached hydrogen (secondary N) is 1. The maximum atomic E-state index is 11.9. The third kappa shape index (κ3) is 3.32. The summed E-state index contributed by atoms with van der Waals surface area (Å²) in [7, 11) is 0. The number of hydrogen-bond acceptors (Lipinski definition) is 2. The Labute approximate surface area is 102 Å². The third-order valence-electron chi connectivity index (χ3n) is 3.56. The van der Waals surface area contributed by atoms with Gasteiger partial charge >= 0.3 is 5.97 Å². The van der Waals surface area contributed by atoms with Crippen LogP contribution in [0.5, 0.6) is 0 Å². The molecule has 2 unspecified atom stereocenters. The lowest BCUT2D eigenvalue weighted by molar-refractivity contribution is -0.135. The van der Waals surface area contributed by atoms with E-state index in [0.717, 1.165) is 19.3 Å². The molecule has 96 valence electrons. The van der Waals surface area contributed by atoms with Gasteiger partial charge in [0.25, 0.3) is 0 Å². The molecular formula is C13H21NO3. The summed E-state index contributed by atoms with van der Waals surface area (Å²) in [5, 5.41) is 11.5. The van der Waals surface area contributed by atoms with Gasteiger partial charge in [-0.2, -0.15) is 0 Å². The molecule has 4 heteroatoms. The van der Waals surface area contributed by atoms with Gasteiger partial charge in [-0.3, -0.25) is 4.79 Å². The summed E-state index contributed by atoms with van der Waals surface area (Å²) in [6.07, 6.45) is 5.05. The SMILES string of the molecule is CCCCC=C(NC(=O)C1(C)CC1C)C(=O)O. The van der Waals surface area contributed by atoms with Crippen LogP contribution in [0.1, 0.15) is 46.5 Å². The van der Waals surface area contributed by atoms with Crippen LogP contribution in [0.4, 0.5) is 0 Å². The Bertz CT molecular complexity index is 349. The number of carboxylic acid groups (broad SMARTS) is 1. The molecule has 0 radical (unpaired) electrons.